The zero-order chi connectivity index (χ0) is 13.2. The molecule has 100 valence electrons. The number of nitrogens with zero attached hydrogens (tertiary/aromatic N) is 1. The normalized spacial score (nSPS) is 17.0. The van der Waals surface area contributed by atoms with Crippen LogP contribution in [0.5, 0.6) is 0 Å². The molecule has 0 unspecified atom stereocenters. The fourth-order valence-corrected chi connectivity index (χ4v) is 2.65. The molecule has 1 aromatic rings. The number of anilines is 1. The summed E-state index contributed by atoms with van der Waals surface area (Å²) in [7, 11) is 0. The van der Waals surface area contributed by atoms with E-state index in [9.17, 15) is 13.2 Å². The van der Waals surface area contributed by atoms with Crippen LogP contribution in [0.4, 0.5) is 18.9 Å². The maximum atomic E-state index is 13.1. The van der Waals surface area contributed by atoms with Crippen LogP contribution in [-0.2, 0) is 11.5 Å². The van der Waals surface area contributed by atoms with Gasteiger partial charge in [0.25, 0.3) is 0 Å². The van der Waals surface area contributed by atoms with E-state index in [4.69, 9.17) is 0 Å². The first-order valence-electron chi connectivity index (χ1n) is 6.03. The molecule has 0 atom stereocenters. The van der Waals surface area contributed by atoms with Gasteiger partial charge in [-0.25, -0.2) is 0 Å². The molecule has 1 aliphatic heterocycles. The first-order valence-corrected chi connectivity index (χ1v) is 7.15. The van der Waals surface area contributed by atoms with Gasteiger partial charge in [0.15, 0.2) is 0 Å². The van der Waals surface area contributed by atoms with Crippen LogP contribution in [0.2, 0.25) is 0 Å². The summed E-state index contributed by atoms with van der Waals surface area (Å²) in [5, 5.41) is 0.441. The molecule has 18 heavy (non-hydrogen) atoms. The van der Waals surface area contributed by atoms with E-state index in [-0.39, 0.29) is 0 Å². The van der Waals surface area contributed by atoms with E-state index < -0.39 is 11.7 Å². The van der Waals surface area contributed by atoms with E-state index in [0.29, 0.717) is 16.6 Å². The molecule has 0 amide bonds. The van der Waals surface area contributed by atoms with Gasteiger partial charge in [-0.1, -0.05) is 22.0 Å². The highest BCUT2D eigenvalue weighted by Gasteiger charge is 2.35. The monoisotopic (exact) mass is 321 g/mol. The van der Waals surface area contributed by atoms with E-state index in [1.807, 2.05) is 4.90 Å². The van der Waals surface area contributed by atoms with Crippen molar-refractivity contribution in [3.63, 3.8) is 0 Å². The smallest absolute Gasteiger partial charge is 0.371 e. The van der Waals surface area contributed by atoms with E-state index >= 15 is 0 Å². The van der Waals surface area contributed by atoms with Gasteiger partial charge in [-0.3, -0.25) is 0 Å². The predicted octanol–water partition coefficient (Wildman–Crippen LogP) is 4.59. The average Bonchev–Trinajstić information content (AvgIpc) is 2.38. The Bertz CT molecular complexity index is 411. The first-order chi connectivity index (χ1) is 8.52. The van der Waals surface area contributed by atoms with Crippen LogP contribution in [0.15, 0.2) is 18.2 Å². The van der Waals surface area contributed by atoms with Gasteiger partial charge in [-0.15, -0.1) is 0 Å². The third kappa shape index (κ3) is 2.99. The lowest BCUT2D eigenvalue weighted by Crippen LogP contribution is -2.31. The van der Waals surface area contributed by atoms with Crippen molar-refractivity contribution in [2.24, 2.45) is 0 Å². The van der Waals surface area contributed by atoms with E-state index in [1.165, 1.54) is 6.07 Å². The molecule has 0 N–H and O–H groups in total. The zero-order valence-corrected chi connectivity index (χ0v) is 11.5. The van der Waals surface area contributed by atoms with Crippen molar-refractivity contribution in [1.82, 2.24) is 0 Å². The number of benzene rings is 1. The largest absolute Gasteiger partial charge is 0.418 e. The molecular weight excluding hydrogens is 307 g/mol. The molecule has 1 heterocycles. The molecule has 1 nitrogen and oxygen atoms in total. The minimum absolute atomic E-state index is 0.326. The van der Waals surface area contributed by atoms with Crippen LogP contribution in [0, 0.1) is 0 Å². The number of piperidine rings is 1. The Hall–Kier alpha value is -0.710. The van der Waals surface area contributed by atoms with Crippen molar-refractivity contribution in [2.75, 3.05) is 18.0 Å². The van der Waals surface area contributed by atoms with Crippen molar-refractivity contribution >= 4 is 21.6 Å². The van der Waals surface area contributed by atoms with Crippen LogP contribution in [0.3, 0.4) is 0 Å². The SMILES string of the molecule is FC(F)(F)c1cc(CBr)ccc1N1CCCCC1. The van der Waals surface area contributed by atoms with Crippen LogP contribution in [0.25, 0.3) is 0 Å². The lowest BCUT2D eigenvalue weighted by Gasteiger charge is -2.31. The standard InChI is InChI=1S/C13H15BrF3N/c14-9-10-4-5-12(11(8-10)13(15,16)17)18-6-2-1-3-7-18/h4-5,8H,1-3,6-7,9H2. The summed E-state index contributed by atoms with van der Waals surface area (Å²) in [5.41, 5.74) is 0.469. The lowest BCUT2D eigenvalue weighted by molar-refractivity contribution is -0.137. The fraction of sp³-hybridized carbons (Fsp3) is 0.538. The summed E-state index contributed by atoms with van der Waals surface area (Å²) < 4.78 is 39.2. The Morgan fingerprint density at radius 1 is 1.11 bits per heavy atom. The molecular formula is C13H15BrF3N. The minimum atomic E-state index is -4.29. The van der Waals surface area contributed by atoms with Crippen LogP contribution >= 0.6 is 15.9 Å². The summed E-state index contributed by atoms with van der Waals surface area (Å²) in [5.74, 6) is 0. The maximum Gasteiger partial charge on any atom is 0.418 e. The Labute approximate surface area is 113 Å². The van der Waals surface area contributed by atoms with Gasteiger partial charge < -0.3 is 4.90 Å². The number of alkyl halides is 4. The lowest BCUT2D eigenvalue weighted by atomic mass is 10.0. The highest BCUT2D eigenvalue weighted by Crippen LogP contribution is 2.38. The molecule has 5 heteroatoms. The van der Waals surface area contributed by atoms with E-state index in [0.717, 1.165) is 32.4 Å². The summed E-state index contributed by atoms with van der Waals surface area (Å²) in [6.07, 6.45) is -1.24. The molecule has 1 aromatic carbocycles. The number of hydrogen-bond donors (Lipinski definition) is 0. The molecule has 1 aliphatic rings. The topological polar surface area (TPSA) is 3.24 Å². The number of rotatable bonds is 2. The molecule has 1 fully saturated rings. The van der Waals surface area contributed by atoms with E-state index in [1.54, 1.807) is 12.1 Å². The van der Waals surface area contributed by atoms with Gasteiger partial charge in [-0.05, 0) is 37.0 Å². The highest BCUT2D eigenvalue weighted by molar-refractivity contribution is 9.08. The molecule has 0 aliphatic carbocycles. The van der Waals surface area contributed by atoms with Crippen molar-refractivity contribution in [1.29, 1.82) is 0 Å². The van der Waals surface area contributed by atoms with Crippen LogP contribution in [0.1, 0.15) is 30.4 Å². The van der Waals surface area contributed by atoms with Gasteiger partial charge in [0.2, 0.25) is 0 Å². The maximum absolute atomic E-state index is 13.1. The second kappa shape index (κ2) is 5.51. The third-order valence-corrected chi connectivity index (χ3v) is 3.86. The van der Waals surface area contributed by atoms with Gasteiger partial charge >= 0.3 is 6.18 Å². The Morgan fingerprint density at radius 3 is 2.33 bits per heavy atom. The fourth-order valence-electron chi connectivity index (χ4n) is 2.30. The Kier molecular flexibility index (Phi) is 4.20. The zero-order valence-electron chi connectivity index (χ0n) is 9.93. The third-order valence-electron chi connectivity index (χ3n) is 3.22. The Morgan fingerprint density at radius 2 is 1.78 bits per heavy atom. The van der Waals surface area contributed by atoms with Gasteiger partial charge in [0, 0.05) is 24.1 Å². The molecule has 0 spiro atoms. The summed E-state index contributed by atoms with van der Waals surface area (Å²) >= 11 is 3.20. The second-order valence-corrected chi connectivity index (χ2v) is 5.09. The quantitative estimate of drug-likeness (QED) is 0.720. The highest BCUT2D eigenvalue weighted by atomic mass is 79.9. The predicted molar refractivity (Wildman–Crippen MR) is 70.1 cm³/mol. The van der Waals surface area contributed by atoms with Crippen LogP contribution < -0.4 is 4.90 Å². The molecule has 0 aromatic heterocycles. The number of hydrogen-bond acceptors (Lipinski definition) is 1. The van der Waals surface area contributed by atoms with Gasteiger partial charge in [0.1, 0.15) is 0 Å². The van der Waals surface area contributed by atoms with Gasteiger partial charge in [0.05, 0.1) is 5.56 Å². The molecule has 0 radical (unpaired) electrons. The summed E-state index contributed by atoms with van der Waals surface area (Å²) in [6, 6.07) is 4.61. The molecule has 0 bridgehead atoms. The van der Waals surface area contributed by atoms with Crippen LogP contribution in [-0.4, -0.2) is 13.1 Å². The molecule has 0 saturated carbocycles. The van der Waals surface area contributed by atoms with E-state index in [2.05, 4.69) is 15.9 Å². The number of halogens is 4. The summed E-state index contributed by atoms with van der Waals surface area (Å²) in [6.45, 7) is 1.44. The van der Waals surface area contributed by atoms with Crippen molar-refractivity contribution < 1.29 is 13.2 Å². The Balaban J connectivity index is 2.38. The first kappa shape index (κ1) is 13.7. The van der Waals surface area contributed by atoms with Crippen molar-refractivity contribution in [2.45, 2.75) is 30.8 Å². The molecule has 1 saturated heterocycles. The van der Waals surface area contributed by atoms with Crippen molar-refractivity contribution in [3.8, 4) is 0 Å². The summed E-state index contributed by atoms with van der Waals surface area (Å²) in [4.78, 5) is 1.85. The molecule has 2 rings (SSSR count). The minimum Gasteiger partial charge on any atom is -0.371 e. The van der Waals surface area contributed by atoms with Crippen molar-refractivity contribution in [3.05, 3.63) is 29.3 Å². The average molecular weight is 322 g/mol. The van der Waals surface area contributed by atoms with Gasteiger partial charge in [-0.2, -0.15) is 13.2 Å². The second-order valence-electron chi connectivity index (χ2n) is 4.53.